The Morgan fingerprint density at radius 2 is 2.05 bits per heavy atom. The van der Waals surface area contributed by atoms with Gasteiger partial charge in [-0.1, -0.05) is 0 Å². The largest absolute Gasteiger partial charge is 0.381 e. The molecule has 0 aromatic carbocycles. The summed E-state index contributed by atoms with van der Waals surface area (Å²) in [5, 5.41) is 3.04. The first-order valence-electron chi connectivity index (χ1n) is 7.31. The van der Waals surface area contributed by atoms with Crippen LogP contribution in [0.2, 0.25) is 0 Å². The maximum absolute atomic E-state index is 12.3. The molecule has 3 rings (SSSR count). The van der Waals surface area contributed by atoms with Gasteiger partial charge >= 0.3 is 0 Å². The zero-order valence-corrected chi connectivity index (χ0v) is 13.2. The summed E-state index contributed by atoms with van der Waals surface area (Å²) in [6.07, 6.45) is 9.03. The quantitative estimate of drug-likeness (QED) is 0.936. The molecule has 2 heterocycles. The van der Waals surface area contributed by atoms with Gasteiger partial charge < -0.3 is 10.1 Å². The van der Waals surface area contributed by atoms with Crippen molar-refractivity contribution in [1.82, 2.24) is 20.3 Å². The van der Waals surface area contributed by atoms with E-state index in [-0.39, 0.29) is 11.9 Å². The van der Waals surface area contributed by atoms with Crippen molar-refractivity contribution < 1.29 is 9.53 Å². The molecule has 1 fully saturated rings. The van der Waals surface area contributed by atoms with Crippen molar-refractivity contribution in [1.29, 1.82) is 0 Å². The average molecular weight is 318 g/mol. The van der Waals surface area contributed by atoms with E-state index in [9.17, 15) is 4.79 Å². The Morgan fingerprint density at radius 1 is 1.23 bits per heavy atom. The maximum atomic E-state index is 12.3. The predicted molar refractivity (Wildman–Crippen MR) is 83.7 cm³/mol. The number of carbonyl (C=O) groups is 1. The molecule has 0 spiro atoms. The first kappa shape index (κ1) is 15.1. The smallest absolute Gasteiger partial charge is 0.271 e. The van der Waals surface area contributed by atoms with E-state index in [2.05, 4.69) is 20.3 Å². The number of nitrogens with one attached hydrogen (secondary N) is 1. The molecule has 2 aromatic heterocycles. The molecule has 1 amide bonds. The van der Waals surface area contributed by atoms with Gasteiger partial charge in [0.25, 0.3) is 5.91 Å². The standard InChI is InChI=1S/C15H18N4O2S/c1-21-11-4-2-10(3-5-11)18-15(20)13-7-16-6-12(19-13)14-8-17-9-22-14/h6-11H,2-5H2,1H3,(H,18,20). The van der Waals surface area contributed by atoms with E-state index in [1.165, 1.54) is 17.5 Å². The van der Waals surface area contributed by atoms with Crippen LogP contribution in [-0.4, -0.2) is 40.1 Å². The second-order valence-corrected chi connectivity index (χ2v) is 6.22. The Morgan fingerprint density at radius 3 is 2.73 bits per heavy atom. The van der Waals surface area contributed by atoms with Gasteiger partial charge in [-0.25, -0.2) is 4.98 Å². The van der Waals surface area contributed by atoms with Crippen LogP contribution in [0.1, 0.15) is 36.2 Å². The molecule has 0 saturated heterocycles. The lowest BCUT2D eigenvalue weighted by Gasteiger charge is -2.28. The van der Waals surface area contributed by atoms with Gasteiger partial charge in [-0.3, -0.25) is 14.8 Å². The van der Waals surface area contributed by atoms with Crippen LogP contribution in [-0.2, 0) is 4.74 Å². The Hall–Kier alpha value is -1.86. The van der Waals surface area contributed by atoms with E-state index in [4.69, 9.17) is 4.74 Å². The number of amides is 1. The van der Waals surface area contributed by atoms with E-state index in [0.29, 0.717) is 17.5 Å². The minimum Gasteiger partial charge on any atom is -0.381 e. The van der Waals surface area contributed by atoms with Gasteiger partial charge in [-0.2, -0.15) is 0 Å². The molecule has 22 heavy (non-hydrogen) atoms. The first-order valence-corrected chi connectivity index (χ1v) is 8.19. The van der Waals surface area contributed by atoms with Crippen LogP contribution in [0, 0.1) is 0 Å². The van der Waals surface area contributed by atoms with Gasteiger partial charge in [0, 0.05) is 19.3 Å². The molecule has 1 saturated carbocycles. The molecule has 0 radical (unpaired) electrons. The molecule has 116 valence electrons. The summed E-state index contributed by atoms with van der Waals surface area (Å²) in [5.41, 5.74) is 2.76. The van der Waals surface area contributed by atoms with E-state index in [1.807, 2.05) is 0 Å². The summed E-state index contributed by atoms with van der Waals surface area (Å²) in [6, 6.07) is 0.188. The zero-order valence-electron chi connectivity index (χ0n) is 12.4. The highest BCUT2D eigenvalue weighted by Gasteiger charge is 2.23. The van der Waals surface area contributed by atoms with Crippen LogP contribution < -0.4 is 5.32 Å². The van der Waals surface area contributed by atoms with Crippen molar-refractivity contribution >= 4 is 17.2 Å². The number of thiazole rings is 1. The van der Waals surface area contributed by atoms with Crippen LogP contribution in [0.25, 0.3) is 10.6 Å². The van der Waals surface area contributed by atoms with Crippen LogP contribution in [0.4, 0.5) is 0 Å². The summed E-state index contributed by atoms with van der Waals surface area (Å²) in [6.45, 7) is 0. The Labute approximate surface area is 133 Å². The van der Waals surface area contributed by atoms with Crippen LogP contribution >= 0.6 is 11.3 Å². The Balaban J connectivity index is 1.64. The minimum atomic E-state index is -0.167. The van der Waals surface area contributed by atoms with E-state index in [1.54, 1.807) is 25.0 Å². The SMILES string of the molecule is COC1CCC(NC(=O)c2cncc(-c3cncs3)n2)CC1. The number of methoxy groups -OCH3 is 1. The number of ether oxygens (including phenoxy) is 1. The maximum Gasteiger partial charge on any atom is 0.271 e. The minimum absolute atomic E-state index is 0.167. The highest BCUT2D eigenvalue weighted by Crippen LogP contribution is 2.22. The molecule has 0 bridgehead atoms. The van der Waals surface area contributed by atoms with Crippen molar-refractivity contribution in [3.05, 3.63) is 29.8 Å². The lowest BCUT2D eigenvalue weighted by molar-refractivity contribution is 0.0598. The summed E-state index contributed by atoms with van der Waals surface area (Å²) in [7, 11) is 1.74. The summed E-state index contributed by atoms with van der Waals surface area (Å²) in [4.78, 5) is 25.8. The molecular formula is C15H18N4O2S. The van der Waals surface area contributed by atoms with E-state index < -0.39 is 0 Å². The Bertz CT molecular complexity index is 624. The van der Waals surface area contributed by atoms with Gasteiger partial charge in [0.1, 0.15) is 11.4 Å². The monoisotopic (exact) mass is 318 g/mol. The third-order valence-corrected chi connectivity index (χ3v) is 4.69. The second kappa shape index (κ2) is 6.93. The number of hydrogen-bond donors (Lipinski definition) is 1. The molecule has 1 aliphatic carbocycles. The molecular weight excluding hydrogens is 300 g/mol. The Kier molecular flexibility index (Phi) is 4.74. The van der Waals surface area contributed by atoms with Crippen molar-refractivity contribution in [3.8, 4) is 10.6 Å². The lowest BCUT2D eigenvalue weighted by Crippen LogP contribution is -2.39. The van der Waals surface area contributed by atoms with Crippen molar-refractivity contribution in [2.24, 2.45) is 0 Å². The molecule has 7 heteroatoms. The molecule has 1 N–H and O–H groups in total. The number of rotatable bonds is 4. The van der Waals surface area contributed by atoms with Gasteiger partial charge in [0.15, 0.2) is 0 Å². The van der Waals surface area contributed by atoms with Crippen molar-refractivity contribution in [3.63, 3.8) is 0 Å². The van der Waals surface area contributed by atoms with Crippen LogP contribution in [0.15, 0.2) is 24.1 Å². The summed E-state index contributed by atoms with van der Waals surface area (Å²) >= 11 is 1.48. The van der Waals surface area contributed by atoms with Gasteiger partial charge in [0.05, 0.1) is 28.9 Å². The van der Waals surface area contributed by atoms with Gasteiger partial charge in [0.2, 0.25) is 0 Å². The fourth-order valence-corrected chi connectivity index (χ4v) is 3.21. The number of nitrogens with zero attached hydrogens (tertiary/aromatic N) is 3. The number of hydrogen-bond acceptors (Lipinski definition) is 6. The highest BCUT2D eigenvalue weighted by atomic mass is 32.1. The zero-order chi connectivity index (χ0) is 15.4. The number of carbonyl (C=O) groups excluding carboxylic acids is 1. The topological polar surface area (TPSA) is 77.0 Å². The summed E-state index contributed by atoms with van der Waals surface area (Å²) < 4.78 is 5.35. The average Bonchev–Trinajstić information content (AvgIpc) is 3.10. The lowest BCUT2D eigenvalue weighted by atomic mass is 9.93. The van der Waals surface area contributed by atoms with Crippen molar-refractivity contribution in [2.45, 2.75) is 37.8 Å². The van der Waals surface area contributed by atoms with Crippen LogP contribution in [0.5, 0.6) is 0 Å². The predicted octanol–water partition coefficient (Wildman–Crippen LogP) is 2.29. The molecule has 2 aromatic rings. The number of aromatic nitrogens is 3. The molecule has 0 aliphatic heterocycles. The van der Waals surface area contributed by atoms with Crippen molar-refractivity contribution in [2.75, 3.05) is 7.11 Å². The van der Waals surface area contributed by atoms with Gasteiger partial charge in [-0.05, 0) is 25.7 Å². The fourth-order valence-electron chi connectivity index (χ4n) is 2.64. The fraction of sp³-hybridized carbons (Fsp3) is 0.467. The normalized spacial score (nSPS) is 21.5. The van der Waals surface area contributed by atoms with E-state index in [0.717, 1.165) is 30.6 Å². The summed E-state index contributed by atoms with van der Waals surface area (Å²) in [5.74, 6) is -0.167. The van der Waals surface area contributed by atoms with E-state index >= 15 is 0 Å². The molecule has 6 nitrogen and oxygen atoms in total. The highest BCUT2D eigenvalue weighted by molar-refractivity contribution is 7.13. The second-order valence-electron chi connectivity index (χ2n) is 5.34. The third kappa shape index (κ3) is 3.48. The van der Waals surface area contributed by atoms with Gasteiger partial charge in [-0.15, -0.1) is 11.3 Å². The molecule has 0 atom stereocenters. The molecule has 1 aliphatic rings. The molecule has 0 unspecified atom stereocenters. The third-order valence-electron chi connectivity index (χ3n) is 3.89. The first-order chi connectivity index (χ1) is 10.8. The van der Waals surface area contributed by atoms with Crippen LogP contribution in [0.3, 0.4) is 0 Å².